The van der Waals surface area contributed by atoms with Crippen molar-refractivity contribution in [3.63, 3.8) is 0 Å². The quantitative estimate of drug-likeness (QED) is 0.153. The molecule has 7 heterocycles. The van der Waals surface area contributed by atoms with Crippen molar-refractivity contribution in [1.29, 1.82) is 0 Å². The molecular weight excluding hydrogens is 816 g/mol. The Morgan fingerprint density at radius 3 is 2.30 bits per heavy atom. The minimum absolute atomic E-state index is 0.0344. The molecule has 7 aliphatic heterocycles. The van der Waals surface area contributed by atoms with E-state index in [1.54, 1.807) is 14.2 Å². The summed E-state index contributed by atoms with van der Waals surface area (Å²) in [5, 5.41) is 55.4. The van der Waals surface area contributed by atoms with Gasteiger partial charge in [0, 0.05) is 71.2 Å². The Labute approximate surface area is 366 Å². The number of carbonyl (C=O) groups is 1. The lowest BCUT2D eigenvalue weighted by Gasteiger charge is -2.54. The highest BCUT2D eigenvalue weighted by atomic mass is 35.5. The Hall–Kier alpha value is -1.02. The summed E-state index contributed by atoms with van der Waals surface area (Å²) < 4.78 is 58.0. The minimum atomic E-state index is -1.32. The maximum absolute atomic E-state index is 13.6. The highest BCUT2D eigenvalue weighted by molar-refractivity contribution is 6.21. The third-order valence-electron chi connectivity index (χ3n) is 14.9. The van der Waals surface area contributed by atoms with Crippen LogP contribution in [0.4, 0.5) is 0 Å². The SMILES string of the molecule is CO[C@H]1CC[C@]23C=C[C@H](C)[C@@H](C[C@@H](O)C[C@H](O)C[C@@H]4CCC[C@H](CC(=O)O[C@H]5C[C@@]6(O[C@H]5CCO)O[C@]5(CC[C@@H]6C)C[C@@H](OC)[C@H](Cl)[C@@H](CC[C@H](C)[C@H](O)[C@H](O)[C@H]1O2)O5)O4)O3. The number of esters is 1. The van der Waals surface area contributed by atoms with Crippen molar-refractivity contribution in [3.8, 4) is 0 Å². The standard InChI is InChI=1S/C45H73ClO15/c1-25-11-15-43-17-13-34(53-4)42(60-43)41(52)40(51)26(2)9-10-33-39(46)37(54-5)23-44(57-33)16-12-27(3)45(61-44)24-36(32(59-45)14-18-47)56-38(50)22-31-8-6-7-30(55-31)20-28(48)19-29(49)21-35(25)58-43/h11,15,25-37,39-42,47-49,51-52H,6-10,12-14,16-24H2,1-5H3/t25-,26-,27-,28-,29-,30-,31+,32-,33+,34-,35+,36-,37+,39+,40-,41-,42-,43-,44+,45+/m0/s1. The van der Waals surface area contributed by atoms with Crippen LogP contribution in [0.15, 0.2) is 12.2 Å². The van der Waals surface area contributed by atoms with Gasteiger partial charge in [0.2, 0.25) is 0 Å². The fourth-order valence-corrected chi connectivity index (χ4v) is 11.5. The fraction of sp³-hybridized carbons (Fsp3) is 0.933. The molecule has 5 N–H and O–H groups in total. The molecule has 0 saturated carbocycles. The number of aliphatic hydroxyl groups is 5. The first-order valence-electron chi connectivity index (χ1n) is 23.1. The molecule has 0 aromatic rings. The number of methoxy groups -OCH3 is 2. The predicted molar refractivity (Wildman–Crippen MR) is 220 cm³/mol. The van der Waals surface area contributed by atoms with Gasteiger partial charge in [-0.3, -0.25) is 4.79 Å². The van der Waals surface area contributed by atoms with E-state index in [0.29, 0.717) is 57.8 Å². The number of hydrogen-bond acceptors (Lipinski definition) is 15. The Balaban J connectivity index is 1.14. The van der Waals surface area contributed by atoms with Gasteiger partial charge >= 0.3 is 5.97 Å². The maximum atomic E-state index is 13.6. The van der Waals surface area contributed by atoms with Gasteiger partial charge in [0.15, 0.2) is 17.4 Å². The summed E-state index contributed by atoms with van der Waals surface area (Å²) in [4.78, 5) is 13.6. The van der Waals surface area contributed by atoms with Crippen LogP contribution in [0.2, 0.25) is 0 Å². The van der Waals surface area contributed by atoms with Crippen molar-refractivity contribution in [3.05, 3.63) is 12.2 Å². The van der Waals surface area contributed by atoms with Crippen LogP contribution in [-0.4, -0.2) is 154 Å². The average molecular weight is 890 g/mol. The molecule has 0 amide bonds. The van der Waals surface area contributed by atoms with Gasteiger partial charge in [-0.15, -0.1) is 11.6 Å². The van der Waals surface area contributed by atoms with Crippen LogP contribution in [0.3, 0.4) is 0 Å². The molecule has 15 nitrogen and oxygen atoms in total. The molecule has 350 valence electrons. The number of halogens is 1. The van der Waals surface area contributed by atoms with Crippen molar-refractivity contribution < 1.29 is 73.0 Å². The molecule has 20 atom stereocenters. The summed E-state index contributed by atoms with van der Waals surface area (Å²) in [7, 11) is 3.18. The lowest BCUT2D eigenvalue weighted by atomic mass is 9.82. The normalized spacial score (nSPS) is 50.5. The van der Waals surface area contributed by atoms with E-state index in [4.69, 9.17) is 54.2 Å². The van der Waals surface area contributed by atoms with E-state index in [2.05, 4.69) is 0 Å². The monoisotopic (exact) mass is 888 g/mol. The predicted octanol–water partition coefficient (Wildman–Crippen LogP) is 4.17. The van der Waals surface area contributed by atoms with Crippen molar-refractivity contribution >= 4 is 17.6 Å². The molecule has 7 aliphatic rings. The van der Waals surface area contributed by atoms with Crippen LogP contribution in [0.5, 0.6) is 0 Å². The number of hydrogen-bond donors (Lipinski definition) is 5. The highest BCUT2D eigenvalue weighted by Gasteiger charge is 2.61. The lowest BCUT2D eigenvalue weighted by Crippen LogP contribution is -2.61. The van der Waals surface area contributed by atoms with Gasteiger partial charge in [-0.2, -0.15) is 0 Å². The van der Waals surface area contributed by atoms with E-state index in [1.165, 1.54) is 0 Å². The zero-order valence-corrected chi connectivity index (χ0v) is 37.4. The molecule has 6 saturated heterocycles. The molecule has 6 fully saturated rings. The van der Waals surface area contributed by atoms with Crippen LogP contribution in [0, 0.1) is 17.8 Å². The summed E-state index contributed by atoms with van der Waals surface area (Å²) in [5.41, 5.74) is 0. The molecule has 9 bridgehead atoms. The number of fused-ring (bicyclic) bond motifs is 6. The summed E-state index contributed by atoms with van der Waals surface area (Å²) in [6.45, 7) is 5.75. The van der Waals surface area contributed by atoms with E-state index in [0.717, 1.165) is 12.8 Å². The first-order valence-corrected chi connectivity index (χ1v) is 23.5. The van der Waals surface area contributed by atoms with E-state index < -0.39 is 108 Å². The third-order valence-corrected chi connectivity index (χ3v) is 15.4. The van der Waals surface area contributed by atoms with Gasteiger partial charge in [0.05, 0.1) is 66.7 Å². The highest BCUT2D eigenvalue weighted by Crippen LogP contribution is 2.53. The topological polar surface area (TPSA) is 201 Å². The first kappa shape index (κ1) is 47.9. The zero-order valence-electron chi connectivity index (χ0n) is 36.7. The second-order valence-corrected chi connectivity index (χ2v) is 19.9. The number of aliphatic hydroxyl groups excluding tert-OH is 5. The van der Waals surface area contributed by atoms with Gasteiger partial charge in [0.1, 0.15) is 24.4 Å². The molecule has 16 heteroatoms. The van der Waals surface area contributed by atoms with Gasteiger partial charge in [-0.1, -0.05) is 26.8 Å². The van der Waals surface area contributed by atoms with Crippen molar-refractivity contribution in [2.45, 2.75) is 226 Å². The molecule has 3 spiro atoms. The van der Waals surface area contributed by atoms with E-state index in [-0.39, 0.29) is 56.7 Å². The van der Waals surface area contributed by atoms with Gasteiger partial charge in [-0.05, 0) is 69.8 Å². The van der Waals surface area contributed by atoms with E-state index in [9.17, 15) is 30.3 Å². The molecule has 0 aromatic carbocycles. The number of carbonyl (C=O) groups excluding carboxylic acids is 1. The second kappa shape index (κ2) is 20.2. The summed E-state index contributed by atoms with van der Waals surface area (Å²) in [6.07, 6.45) is 1.63. The van der Waals surface area contributed by atoms with Crippen molar-refractivity contribution in [2.75, 3.05) is 20.8 Å². The van der Waals surface area contributed by atoms with Crippen molar-refractivity contribution in [1.82, 2.24) is 0 Å². The van der Waals surface area contributed by atoms with Gasteiger partial charge in [0.25, 0.3) is 0 Å². The number of rotatable bonds is 4. The van der Waals surface area contributed by atoms with Crippen molar-refractivity contribution in [2.24, 2.45) is 17.8 Å². The Morgan fingerprint density at radius 1 is 0.787 bits per heavy atom. The van der Waals surface area contributed by atoms with E-state index in [1.807, 2.05) is 32.9 Å². The molecule has 0 radical (unpaired) electrons. The lowest BCUT2D eigenvalue weighted by molar-refractivity contribution is -0.414. The van der Waals surface area contributed by atoms with Gasteiger partial charge < -0.3 is 68.2 Å². The second-order valence-electron chi connectivity index (χ2n) is 19.4. The molecule has 0 aromatic heterocycles. The van der Waals surface area contributed by atoms with Crippen LogP contribution < -0.4 is 0 Å². The fourth-order valence-electron chi connectivity index (χ4n) is 11.1. The van der Waals surface area contributed by atoms with Gasteiger partial charge in [-0.25, -0.2) is 0 Å². The summed E-state index contributed by atoms with van der Waals surface area (Å²) in [5.74, 6) is -4.49. The maximum Gasteiger partial charge on any atom is 0.308 e. The van der Waals surface area contributed by atoms with Crippen LogP contribution in [-0.2, 0) is 47.4 Å². The van der Waals surface area contributed by atoms with E-state index >= 15 is 0 Å². The Kier molecular flexibility index (Phi) is 15.9. The number of alkyl halides is 1. The summed E-state index contributed by atoms with van der Waals surface area (Å²) >= 11 is 7.08. The third kappa shape index (κ3) is 10.8. The molecule has 0 unspecified atom stereocenters. The van der Waals surface area contributed by atoms with Crippen LogP contribution in [0.25, 0.3) is 0 Å². The zero-order chi connectivity index (χ0) is 43.7. The smallest absolute Gasteiger partial charge is 0.308 e. The molecule has 7 rings (SSSR count). The van der Waals surface area contributed by atoms with Crippen LogP contribution >= 0.6 is 11.6 Å². The Morgan fingerprint density at radius 2 is 1.54 bits per heavy atom. The molecule has 0 aliphatic carbocycles. The molecular formula is C45H73ClO15. The van der Waals surface area contributed by atoms with Crippen LogP contribution in [0.1, 0.15) is 124 Å². The Bertz CT molecular complexity index is 1470. The molecule has 61 heavy (non-hydrogen) atoms. The average Bonchev–Trinajstić information content (AvgIpc) is 3.55. The minimum Gasteiger partial charge on any atom is -0.459 e. The largest absolute Gasteiger partial charge is 0.459 e. The first-order chi connectivity index (χ1) is 29.1. The number of ether oxygens (including phenoxy) is 9. The summed E-state index contributed by atoms with van der Waals surface area (Å²) in [6, 6.07) is 0.